The summed E-state index contributed by atoms with van der Waals surface area (Å²) in [4.78, 5) is 22.9. The van der Waals surface area contributed by atoms with Crippen molar-refractivity contribution in [3.63, 3.8) is 0 Å². The number of aromatic nitrogens is 5. The smallest absolute Gasteiger partial charge is 0.272 e. The van der Waals surface area contributed by atoms with Gasteiger partial charge < -0.3 is 5.73 Å². The van der Waals surface area contributed by atoms with Gasteiger partial charge in [-0.15, -0.1) is 5.10 Å². The summed E-state index contributed by atoms with van der Waals surface area (Å²) in [7, 11) is 0. The molecule has 3 heterocycles. The molecule has 3 N–H and O–H groups in total. The van der Waals surface area contributed by atoms with E-state index < -0.39 is 5.56 Å². The lowest BCUT2D eigenvalue weighted by molar-refractivity contribution is 0.627. The van der Waals surface area contributed by atoms with E-state index in [2.05, 4.69) is 15.2 Å². The van der Waals surface area contributed by atoms with Gasteiger partial charge in [0.15, 0.2) is 5.65 Å². The molecule has 2 aromatic carbocycles. The number of benzene rings is 2. The summed E-state index contributed by atoms with van der Waals surface area (Å²) in [6.45, 7) is 0. The average Bonchev–Trinajstić information content (AvgIpc) is 3.21. The Morgan fingerprint density at radius 2 is 1.68 bits per heavy atom. The van der Waals surface area contributed by atoms with Crippen molar-refractivity contribution in [1.29, 1.82) is 0 Å². The maximum atomic E-state index is 13.7. The summed E-state index contributed by atoms with van der Waals surface area (Å²) in [5.41, 5.74) is 10.5. The zero-order valence-electron chi connectivity index (χ0n) is 17.8. The number of nitrogen functional groups attached to an aromatic ring is 1. The first-order chi connectivity index (χ1) is 16.5. The van der Waals surface area contributed by atoms with Gasteiger partial charge in [-0.3, -0.25) is 4.79 Å². The van der Waals surface area contributed by atoms with Crippen LogP contribution in [0.2, 0.25) is 0 Å². The summed E-state index contributed by atoms with van der Waals surface area (Å²) in [5.74, 6) is -0.493. The average molecular weight is 456 g/mol. The predicted molar refractivity (Wildman–Crippen MR) is 126 cm³/mol. The molecule has 3 aromatic heterocycles. The Morgan fingerprint density at radius 1 is 0.971 bits per heavy atom. The number of halogens is 2. The van der Waals surface area contributed by atoms with Gasteiger partial charge in [0.05, 0.1) is 11.1 Å². The van der Waals surface area contributed by atoms with Crippen molar-refractivity contribution in [1.82, 2.24) is 24.6 Å². The van der Waals surface area contributed by atoms with E-state index in [0.29, 0.717) is 22.9 Å². The number of aromatic amines is 1. The fraction of sp³-hybridized carbons (Fsp3) is 0.120. The van der Waals surface area contributed by atoms with E-state index in [-0.39, 0.29) is 29.0 Å². The molecule has 0 radical (unpaired) electrons. The molecular weight excluding hydrogens is 438 g/mol. The highest BCUT2D eigenvalue weighted by Crippen LogP contribution is 2.39. The Kier molecular flexibility index (Phi) is 4.51. The van der Waals surface area contributed by atoms with Crippen LogP contribution in [0.15, 0.2) is 53.3 Å². The number of pyridine rings is 1. The number of nitrogens with two attached hydrogens (primary N) is 1. The second kappa shape index (κ2) is 7.58. The minimum atomic E-state index is -0.393. The van der Waals surface area contributed by atoms with Gasteiger partial charge in [0.1, 0.15) is 11.6 Å². The molecule has 0 saturated carbocycles. The normalized spacial score (nSPS) is 14.7. The molecule has 5 aromatic rings. The minimum Gasteiger partial charge on any atom is -0.368 e. The molecule has 0 aliphatic heterocycles. The van der Waals surface area contributed by atoms with Crippen LogP contribution in [0.3, 0.4) is 0 Å². The third kappa shape index (κ3) is 3.16. The fourth-order valence-corrected chi connectivity index (χ4v) is 4.62. The predicted octanol–water partition coefficient (Wildman–Crippen LogP) is 4.37. The van der Waals surface area contributed by atoms with Crippen molar-refractivity contribution in [3.8, 4) is 11.1 Å². The van der Waals surface area contributed by atoms with Gasteiger partial charge in [0, 0.05) is 5.56 Å². The molecule has 0 amide bonds. The second-order valence-electron chi connectivity index (χ2n) is 8.25. The molecule has 9 heteroatoms. The highest BCUT2D eigenvalue weighted by atomic mass is 19.1. The number of fused-ring (bicyclic) bond motifs is 3. The Morgan fingerprint density at radius 3 is 2.41 bits per heavy atom. The third-order valence-electron chi connectivity index (χ3n) is 6.14. The van der Waals surface area contributed by atoms with Crippen LogP contribution in [0.4, 0.5) is 14.7 Å². The van der Waals surface area contributed by atoms with Crippen LogP contribution in [0.25, 0.3) is 39.6 Å². The number of H-pyrrole nitrogens is 1. The van der Waals surface area contributed by atoms with Crippen molar-refractivity contribution in [3.05, 3.63) is 87.3 Å². The molecule has 0 saturated heterocycles. The van der Waals surface area contributed by atoms with Gasteiger partial charge in [-0.05, 0) is 71.9 Å². The molecule has 0 unspecified atom stereocenters. The van der Waals surface area contributed by atoms with E-state index in [1.165, 1.54) is 28.7 Å². The van der Waals surface area contributed by atoms with Crippen molar-refractivity contribution < 1.29 is 8.78 Å². The van der Waals surface area contributed by atoms with E-state index in [4.69, 9.17) is 10.7 Å². The molecule has 34 heavy (non-hydrogen) atoms. The molecule has 0 bridgehead atoms. The van der Waals surface area contributed by atoms with Crippen LogP contribution >= 0.6 is 0 Å². The summed E-state index contributed by atoms with van der Waals surface area (Å²) in [6, 6.07) is 12.3. The lowest BCUT2D eigenvalue weighted by atomic mass is 9.84. The Hall–Kier alpha value is -4.40. The van der Waals surface area contributed by atoms with Gasteiger partial charge in [-0.1, -0.05) is 24.3 Å². The van der Waals surface area contributed by atoms with Gasteiger partial charge >= 0.3 is 0 Å². The quantitative estimate of drug-likeness (QED) is 0.411. The molecule has 0 fully saturated rings. The largest absolute Gasteiger partial charge is 0.368 e. The summed E-state index contributed by atoms with van der Waals surface area (Å²) < 4.78 is 28.3. The second-order valence-corrected chi connectivity index (χ2v) is 8.25. The van der Waals surface area contributed by atoms with E-state index in [9.17, 15) is 13.6 Å². The maximum Gasteiger partial charge on any atom is 0.272 e. The monoisotopic (exact) mass is 456 g/mol. The summed E-state index contributed by atoms with van der Waals surface area (Å²) in [6.07, 6.45) is 4.27. The number of hydrogen-bond donors (Lipinski definition) is 2. The van der Waals surface area contributed by atoms with Gasteiger partial charge in [-0.2, -0.15) is 4.98 Å². The van der Waals surface area contributed by atoms with Gasteiger partial charge in [0.25, 0.3) is 5.56 Å². The summed E-state index contributed by atoms with van der Waals surface area (Å²) in [5, 5.41) is 6.87. The topological polar surface area (TPSA) is 102 Å². The van der Waals surface area contributed by atoms with E-state index in [1.54, 1.807) is 24.3 Å². The van der Waals surface area contributed by atoms with Gasteiger partial charge in [-0.25, -0.2) is 23.3 Å². The van der Waals surface area contributed by atoms with Crippen molar-refractivity contribution in [2.45, 2.75) is 19.3 Å². The standard InChI is InChI=1S/C25H18F2N6O/c26-16-8-4-13(5-9-16)12-15-2-1-3-18-19(14-6-10-17(27)11-7-14)20-22(29-21(15)18)30-25-32-31-24(28)33(25)23(20)34/h4-12H,1-3H2,(H2,28,31)(H,29,30,32). The number of anilines is 1. The molecular formula is C25H18F2N6O. The van der Waals surface area contributed by atoms with Crippen molar-refractivity contribution in [2.24, 2.45) is 0 Å². The molecule has 6 rings (SSSR count). The lowest BCUT2D eigenvalue weighted by Crippen LogP contribution is -2.20. The third-order valence-corrected chi connectivity index (χ3v) is 6.14. The first kappa shape index (κ1) is 20.2. The lowest BCUT2D eigenvalue weighted by Gasteiger charge is -2.23. The number of nitrogens with one attached hydrogen (secondary N) is 1. The first-order valence-corrected chi connectivity index (χ1v) is 10.8. The van der Waals surface area contributed by atoms with E-state index in [0.717, 1.165) is 35.2 Å². The van der Waals surface area contributed by atoms with Crippen LogP contribution in [0.1, 0.15) is 29.7 Å². The molecule has 1 aliphatic carbocycles. The number of nitrogens with zero attached hydrogens (tertiary/aromatic N) is 4. The zero-order valence-corrected chi connectivity index (χ0v) is 17.8. The molecule has 168 valence electrons. The van der Waals surface area contributed by atoms with Gasteiger partial charge in [0.2, 0.25) is 11.7 Å². The number of rotatable bonds is 2. The van der Waals surface area contributed by atoms with Crippen LogP contribution in [-0.2, 0) is 6.42 Å². The van der Waals surface area contributed by atoms with Crippen LogP contribution in [0, 0.1) is 11.6 Å². The van der Waals surface area contributed by atoms with E-state index >= 15 is 0 Å². The molecule has 7 nitrogen and oxygen atoms in total. The van der Waals surface area contributed by atoms with Crippen LogP contribution < -0.4 is 11.3 Å². The van der Waals surface area contributed by atoms with E-state index in [1.807, 2.05) is 6.08 Å². The van der Waals surface area contributed by atoms with Crippen molar-refractivity contribution in [2.75, 3.05) is 5.73 Å². The number of allylic oxidation sites excluding steroid dienone is 1. The highest BCUT2D eigenvalue weighted by molar-refractivity contribution is 5.98. The highest BCUT2D eigenvalue weighted by Gasteiger charge is 2.26. The minimum absolute atomic E-state index is 0.00549. The molecule has 0 spiro atoms. The van der Waals surface area contributed by atoms with Crippen LogP contribution in [-0.4, -0.2) is 24.6 Å². The molecule has 1 aliphatic rings. The Labute approximate surface area is 191 Å². The Balaban J connectivity index is 1.71. The SMILES string of the molecule is Nc1n[nH]c2nc3nc4c(c(-c5ccc(F)cc5)c3c(=O)n12)CCCC4=Cc1ccc(F)cc1. The molecule has 0 atom stereocenters. The van der Waals surface area contributed by atoms with Crippen molar-refractivity contribution >= 4 is 34.4 Å². The number of hydrogen-bond acceptors (Lipinski definition) is 5. The maximum absolute atomic E-state index is 13.7. The first-order valence-electron chi connectivity index (χ1n) is 10.8. The van der Waals surface area contributed by atoms with Crippen LogP contribution in [0.5, 0.6) is 0 Å². The summed E-state index contributed by atoms with van der Waals surface area (Å²) >= 11 is 0. The zero-order chi connectivity index (χ0) is 23.4. The fourth-order valence-electron chi connectivity index (χ4n) is 4.62. The Bertz CT molecular complexity index is 1670.